The van der Waals surface area contributed by atoms with Gasteiger partial charge >= 0.3 is 0 Å². The van der Waals surface area contributed by atoms with Gasteiger partial charge in [-0.25, -0.2) is 4.52 Å². The van der Waals surface area contributed by atoms with Gasteiger partial charge in [-0.05, 0) is 54.1 Å². The van der Waals surface area contributed by atoms with Gasteiger partial charge in [-0.1, -0.05) is 0 Å². The summed E-state index contributed by atoms with van der Waals surface area (Å²) in [5.74, 6) is -0.0865. The molecule has 0 saturated heterocycles. The molecule has 3 rings (SSSR count). The van der Waals surface area contributed by atoms with Crippen LogP contribution in [0, 0.1) is 11.3 Å². The number of nitrogens with zero attached hydrogens (tertiary/aromatic N) is 4. The molecule has 7 heteroatoms. The van der Waals surface area contributed by atoms with E-state index in [-0.39, 0.29) is 18.1 Å². The quantitative estimate of drug-likeness (QED) is 0.881. The maximum absolute atomic E-state index is 13.0. The number of hydrogen-bond donors (Lipinski definition) is 1. The normalized spacial score (nSPS) is 16.6. The van der Waals surface area contributed by atoms with Gasteiger partial charge in [-0.3, -0.25) is 4.79 Å². The second-order valence-corrected chi connectivity index (χ2v) is 6.58. The molecule has 0 saturated carbocycles. The molecule has 24 heavy (non-hydrogen) atoms. The van der Waals surface area contributed by atoms with E-state index in [1.54, 1.807) is 40.2 Å². The zero-order valence-electron chi connectivity index (χ0n) is 13.3. The molecule has 2 aromatic heterocycles. The number of dihydropyridines is 1. The molecule has 1 aliphatic heterocycles. The molecular formula is C17H16BrN5O. The van der Waals surface area contributed by atoms with Crippen molar-refractivity contribution < 1.29 is 4.79 Å². The Hall–Kier alpha value is -2.59. The predicted molar refractivity (Wildman–Crippen MR) is 94.0 cm³/mol. The Balaban J connectivity index is 1.92. The molecule has 0 spiro atoms. The van der Waals surface area contributed by atoms with Crippen LogP contribution in [0.4, 0.5) is 0 Å². The third-order valence-corrected chi connectivity index (χ3v) is 4.42. The van der Waals surface area contributed by atoms with Gasteiger partial charge in [0.2, 0.25) is 0 Å². The van der Waals surface area contributed by atoms with E-state index in [4.69, 9.17) is 5.26 Å². The van der Waals surface area contributed by atoms with Gasteiger partial charge in [0.25, 0.3) is 5.91 Å². The number of carbonyl (C=O) groups is 1. The molecule has 0 aliphatic carbocycles. The second kappa shape index (κ2) is 6.49. The highest BCUT2D eigenvalue weighted by atomic mass is 79.9. The topological polar surface area (TPSA) is 73.4 Å². The zero-order valence-corrected chi connectivity index (χ0v) is 14.9. The third kappa shape index (κ3) is 2.93. The van der Waals surface area contributed by atoms with E-state index in [0.29, 0.717) is 11.1 Å². The average Bonchev–Trinajstić information content (AvgIpc) is 2.96. The number of rotatable bonds is 3. The zero-order chi connectivity index (χ0) is 17.3. The Morgan fingerprint density at radius 2 is 2.33 bits per heavy atom. The molecule has 0 radical (unpaired) electrons. The number of amides is 1. The van der Waals surface area contributed by atoms with Crippen molar-refractivity contribution >= 4 is 27.4 Å². The average molecular weight is 386 g/mol. The lowest BCUT2D eigenvalue weighted by Gasteiger charge is -2.34. The van der Waals surface area contributed by atoms with Gasteiger partial charge in [0.05, 0.1) is 21.8 Å². The van der Waals surface area contributed by atoms with Crippen molar-refractivity contribution in [3.8, 4) is 6.07 Å². The molecule has 6 nitrogen and oxygen atoms in total. The number of fused-ring (bicyclic) bond motifs is 1. The van der Waals surface area contributed by atoms with Crippen molar-refractivity contribution in [2.45, 2.75) is 26.1 Å². The predicted octanol–water partition coefficient (Wildman–Crippen LogP) is 2.84. The van der Waals surface area contributed by atoms with Crippen molar-refractivity contribution in [1.29, 1.82) is 5.26 Å². The summed E-state index contributed by atoms with van der Waals surface area (Å²) in [5, 5.41) is 16.2. The van der Waals surface area contributed by atoms with Gasteiger partial charge in [0.1, 0.15) is 12.2 Å². The van der Waals surface area contributed by atoms with E-state index in [1.165, 1.54) is 0 Å². The fourth-order valence-electron chi connectivity index (χ4n) is 2.63. The van der Waals surface area contributed by atoms with E-state index in [1.807, 2.05) is 26.0 Å². The fourth-order valence-corrected chi connectivity index (χ4v) is 3.02. The smallest absolute Gasteiger partial charge is 0.256 e. The van der Waals surface area contributed by atoms with Crippen molar-refractivity contribution in [2.75, 3.05) is 0 Å². The molecular weight excluding hydrogens is 370 g/mol. The van der Waals surface area contributed by atoms with Crippen molar-refractivity contribution in [3.63, 3.8) is 0 Å². The maximum Gasteiger partial charge on any atom is 0.256 e. The van der Waals surface area contributed by atoms with Gasteiger partial charge in [0.15, 0.2) is 0 Å². The van der Waals surface area contributed by atoms with E-state index < -0.39 is 0 Å². The lowest BCUT2D eigenvalue weighted by atomic mass is 10.1. The van der Waals surface area contributed by atoms with Crippen LogP contribution >= 0.6 is 15.9 Å². The second-order valence-electron chi connectivity index (χ2n) is 5.73. The Labute approximate surface area is 148 Å². The van der Waals surface area contributed by atoms with E-state index in [2.05, 4.69) is 32.4 Å². The Kier molecular flexibility index (Phi) is 4.40. The van der Waals surface area contributed by atoms with Crippen LogP contribution in [0.5, 0.6) is 0 Å². The van der Waals surface area contributed by atoms with Gasteiger partial charge in [-0.2, -0.15) is 10.4 Å². The van der Waals surface area contributed by atoms with Gasteiger partial charge in [-0.15, -0.1) is 0 Å². The number of allylic oxidation sites excluding steroid dienone is 2. The number of aromatic nitrogens is 2. The number of carbonyl (C=O) groups excluding carboxylic acids is 1. The molecule has 0 fully saturated rings. The highest BCUT2D eigenvalue weighted by Gasteiger charge is 2.26. The lowest BCUT2D eigenvalue weighted by molar-refractivity contribution is 0.0632. The standard InChI is InChI=1S/C17H16BrN5O/c1-11(2)23(16-4-3-12(8-19)9-20-16)17(24)13-5-6-22-15(7-13)14(18)10-21-22/h3-7,9-11,16,20H,1-2H3. The first kappa shape index (κ1) is 16.3. The number of nitriles is 1. The van der Waals surface area contributed by atoms with Crippen LogP contribution in [0.1, 0.15) is 24.2 Å². The van der Waals surface area contributed by atoms with E-state index in [0.717, 1.165) is 9.99 Å². The number of nitrogens with one attached hydrogen (secondary N) is 1. The summed E-state index contributed by atoms with van der Waals surface area (Å²) in [7, 11) is 0. The van der Waals surface area contributed by atoms with Crippen LogP contribution < -0.4 is 5.32 Å². The lowest BCUT2D eigenvalue weighted by Crippen LogP contribution is -2.50. The molecule has 3 heterocycles. The number of halogens is 1. The van der Waals surface area contributed by atoms with Crippen LogP contribution in [-0.2, 0) is 0 Å². The van der Waals surface area contributed by atoms with E-state index in [9.17, 15) is 4.79 Å². The molecule has 1 atom stereocenters. The minimum absolute atomic E-state index is 0.0127. The maximum atomic E-state index is 13.0. The summed E-state index contributed by atoms with van der Waals surface area (Å²) in [6.07, 6.45) is 8.35. The summed E-state index contributed by atoms with van der Waals surface area (Å²) in [5.41, 5.74) is 1.96. The first-order valence-corrected chi connectivity index (χ1v) is 8.30. The Bertz CT molecular complexity index is 890. The summed E-state index contributed by atoms with van der Waals surface area (Å²) in [6.45, 7) is 3.93. The molecule has 1 aliphatic rings. The van der Waals surface area contributed by atoms with Crippen LogP contribution in [0.3, 0.4) is 0 Å². The van der Waals surface area contributed by atoms with Crippen LogP contribution in [0.25, 0.3) is 5.52 Å². The Morgan fingerprint density at radius 1 is 1.54 bits per heavy atom. The molecule has 1 unspecified atom stereocenters. The van der Waals surface area contributed by atoms with Crippen molar-refractivity contribution in [2.24, 2.45) is 0 Å². The molecule has 1 amide bonds. The van der Waals surface area contributed by atoms with Gasteiger partial charge < -0.3 is 10.2 Å². The minimum Gasteiger partial charge on any atom is -0.367 e. The largest absolute Gasteiger partial charge is 0.367 e. The fraction of sp³-hybridized carbons (Fsp3) is 0.235. The summed E-state index contributed by atoms with van der Waals surface area (Å²) in [6, 6.07) is 5.63. The highest BCUT2D eigenvalue weighted by Crippen LogP contribution is 2.21. The molecule has 122 valence electrons. The summed E-state index contributed by atoms with van der Waals surface area (Å²) >= 11 is 3.44. The summed E-state index contributed by atoms with van der Waals surface area (Å²) in [4.78, 5) is 14.8. The molecule has 0 aromatic carbocycles. The SMILES string of the molecule is CC(C)N(C(=O)c1ccn2ncc(Br)c2c1)C1C=CC(C#N)=CN1. The highest BCUT2D eigenvalue weighted by molar-refractivity contribution is 9.10. The van der Waals surface area contributed by atoms with Crippen LogP contribution in [0.2, 0.25) is 0 Å². The van der Waals surface area contributed by atoms with Gasteiger partial charge in [0, 0.05) is 24.0 Å². The molecule has 0 bridgehead atoms. The number of hydrogen-bond acceptors (Lipinski definition) is 4. The van der Waals surface area contributed by atoms with E-state index >= 15 is 0 Å². The van der Waals surface area contributed by atoms with Crippen LogP contribution in [0.15, 0.2) is 52.9 Å². The van der Waals surface area contributed by atoms with Crippen molar-refractivity contribution in [3.05, 3.63) is 58.5 Å². The first-order chi connectivity index (χ1) is 11.5. The summed E-state index contributed by atoms with van der Waals surface area (Å²) < 4.78 is 2.55. The van der Waals surface area contributed by atoms with Crippen LogP contribution in [-0.4, -0.2) is 32.6 Å². The monoisotopic (exact) mass is 385 g/mol. The third-order valence-electron chi connectivity index (χ3n) is 3.81. The molecule has 1 N–H and O–H groups in total. The number of pyridine rings is 1. The first-order valence-electron chi connectivity index (χ1n) is 7.51. The minimum atomic E-state index is -0.292. The molecule has 2 aromatic rings. The van der Waals surface area contributed by atoms with Crippen molar-refractivity contribution in [1.82, 2.24) is 19.8 Å². The Morgan fingerprint density at radius 3 is 2.96 bits per heavy atom.